The summed E-state index contributed by atoms with van der Waals surface area (Å²) in [5.41, 5.74) is 2.10. The summed E-state index contributed by atoms with van der Waals surface area (Å²) < 4.78 is 5.62. The fourth-order valence-corrected chi connectivity index (χ4v) is 3.51. The number of hydrogen-bond acceptors (Lipinski definition) is 4. The molecule has 0 aliphatic carbocycles. The van der Waals surface area contributed by atoms with Crippen LogP contribution < -0.4 is 10.6 Å². The van der Waals surface area contributed by atoms with E-state index >= 15 is 0 Å². The topological polar surface area (TPSA) is 74.5 Å². The summed E-state index contributed by atoms with van der Waals surface area (Å²) in [6.07, 6.45) is 0.962. The highest BCUT2D eigenvalue weighted by atomic mass is 35.5. The van der Waals surface area contributed by atoms with Gasteiger partial charge in [-0.1, -0.05) is 43.1 Å². The summed E-state index contributed by atoms with van der Waals surface area (Å²) >= 11 is 17.3. The minimum absolute atomic E-state index is 0.0383. The van der Waals surface area contributed by atoms with Crippen molar-refractivity contribution in [1.29, 1.82) is 0 Å². The summed E-state index contributed by atoms with van der Waals surface area (Å²) in [4.78, 5) is 12.5. The zero-order valence-corrected chi connectivity index (χ0v) is 18.7. The Kier molecular flexibility index (Phi) is 7.02. The van der Waals surface area contributed by atoms with Crippen molar-refractivity contribution in [3.8, 4) is 17.1 Å². The molecule has 3 N–H and O–H groups in total. The van der Waals surface area contributed by atoms with Crippen molar-refractivity contribution in [2.75, 3.05) is 5.32 Å². The van der Waals surface area contributed by atoms with E-state index in [1.807, 2.05) is 12.1 Å². The molecule has 1 heterocycles. The van der Waals surface area contributed by atoms with Crippen molar-refractivity contribution < 1.29 is 14.3 Å². The van der Waals surface area contributed by atoms with E-state index < -0.39 is 5.91 Å². The van der Waals surface area contributed by atoms with Gasteiger partial charge in [0.15, 0.2) is 10.9 Å². The molecule has 30 heavy (non-hydrogen) atoms. The highest BCUT2D eigenvalue weighted by Gasteiger charge is 2.16. The van der Waals surface area contributed by atoms with Crippen LogP contribution in [-0.2, 0) is 0 Å². The number of amides is 1. The first-order valence-electron chi connectivity index (χ1n) is 9.29. The number of rotatable bonds is 5. The van der Waals surface area contributed by atoms with Crippen molar-refractivity contribution in [1.82, 2.24) is 5.32 Å². The van der Waals surface area contributed by atoms with Crippen LogP contribution in [0.5, 0.6) is 5.75 Å². The third-order valence-electron chi connectivity index (χ3n) is 4.70. The lowest BCUT2D eigenvalue weighted by atomic mass is 9.98. The molecule has 2 aromatic carbocycles. The normalized spacial score (nSPS) is 11.7. The predicted octanol–water partition coefficient (Wildman–Crippen LogP) is 6.60. The first-order valence-corrected chi connectivity index (χ1v) is 10.5. The van der Waals surface area contributed by atoms with Gasteiger partial charge in [-0.2, -0.15) is 0 Å². The number of furan rings is 1. The zero-order chi connectivity index (χ0) is 21.8. The van der Waals surface area contributed by atoms with E-state index in [0.29, 0.717) is 33.0 Å². The second kappa shape index (κ2) is 9.51. The maximum Gasteiger partial charge on any atom is 0.293 e. The Balaban J connectivity index is 1.70. The molecule has 1 aromatic heterocycles. The maximum absolute atomic E-state index is 12.5. The monoisotopic (exact) mass is 462 g/mol. The Morgan fingerprint density at radius 3 is 2.63 bits per heavy atom. The fraction of sp³-hybridized carbons (Fsp3) is 0.182. The SMILES string of the molecule is CC[C@@H](C)c1ccc(O)c(NC(=S)NC(=O)c2ccc(-c3ccc(Cl)cc3Cl)o2)c1. The Morgan fingerprint density at radius 2 is 1.93 bits per heavy atom. The maximum atomic E-state index is 12.5. The smallest absolute Gasteiger partial charge is 0.293 e. The van der Waals surface area contributed by atoms with Crippen molar-refractivity contribution in [2.24, 2.45) is 0 Å². The van der Waals surface area contributed by atoms with E-state index in [1.165, 1.54) is 6.07 Å². The van der Waals surface area contributed by atoms with Crippen LogP contribution in [0.2, 0.25) is 10.0 Å². The van der Waals surface area contributed by atoms with Crippen LogP contribution >= 0.6 is 35.4 Å². The molecular formula is C22H20Cl2N2O3S. The van der Waals surface area contributed by atoms with Crippen LogP contribution in [0.25, 0.3) is 11.3 Å². The van der Waals surface area contributed by atoms with E-state index in [-0.39, 0.29) is 16.6 Å². The first kappa shape index (κ1) is 22.2. The molecule has 0 saturated heterocycles. The second-order valence-corrected chi connectivity index (χ2v) is 8.03. The Morgan fingerprint density at radius 1 is 1.17 bits per heavy atom. The lowest BCUT2D eigenvalue weighted by molar-refractivity contribution is 0.0951. The molecule has 0 unspecified atom stereocenters. The van der Waals surface area contributed by atoms with Gasteiger partial charge in [-0.3, -0.25) is 10.1 Å². The second-order valence-electron chi connectivity index (χ2n) is 6.78. The number of carbonyl (C=O) groups excluding carboxylic acids is 1. The standard InChI is InChI=1S/C22H20Cl2N2O3S/c1-3-12(2)13-4-7-18(27)17(10-13)25-22(30)26-21(28)20-9-8-19(29-20)15-6-5-14(23)11-16(15)24/h4-12,27H,3H2,1-2H3,(H2,25,26,28,30)/t12-/m1/s1. The summed E-state index contributed by atoms with van der Waals surface area (Å²) in [5, 5.41) is 16.5. The lowest BCUT2D eigenvalue weighted by Crippen LogP contribution is -2.33. The van der Waals surface area contributed by atoms with E-state index in [1.54, 1.807) is 30.3 Å². The number of phenols is 1. The molecule has 1 atom stereocenters. The summed E-state index contributed by atoms with van der Waals surface area (Å²) in [5.74, 6) is 0.339. The van der Waals surface area contributed by atoms with Gasteiger partial charge in [-0.15, -0.1) is 0 Å². The Labute approximate surface area is 190 Å². The first-order chi connectivity index (χ1) is 14.3. The summed E-state index contributed by atoms with van der Waals surface area (Å²) in [7, 11) is 0. The number of phenolic OH excluding ortho intramolecular Hbond substituents is 1. The molecule has 3 aromatic rings. The van der Waals surface area contributed by atoms with Gasteiger partial charge in [0.1, 0.15) is 11.5 Å². The van der Waals surface area contributed by atoms with Crippen LogP contribution in [0.4, 0.5) is 5.69 Å². The van der Waals surface area contributed by atoms with Crippen molar-refractivity contribution in [3.05, 3.63) is 69.9 Å². The van der Waals surface area contributed by atoms with Crippen LogP contribution in [0.1, 0.15) is 42.3 Å². The Bertz CT molecular complexity index is 1100. The molecule has 1 amide bonds. The Hall–Kier alpha value is -2.54. The van der Waals surface area contributed by atoms with Gasteiger partial charge in [0, 0.05) is 10.6 Å². The molecule has 0 fully saturated rings. The van der Waals surface area contributed by atoms with Crippen LogP contribution in [0.3, 0.4) is 0 Å². The number of benzene rings is 2. The largest absolute Gasteiger partial charge is 0.506 e. The molecule has 0 aliphatic heterocycles. The van der Waals surface area contributed by atoms with E-state index in [2.05, 4.69) is 24.5 Å². The number of aromatic hydroxyl groups is 1. The third kappa shape index (κ3) is 5.14. The van der Waals surface area contributed by atoms with Gasteiger partial charge < -0.3 is 14.8 Å². The van der Waals surface area contributed by atoms with E-state index in [9.17, 15) is 9.90 Å². The van der Waals surface area contributed by atoms with Crippen molar-refractivity contribution >= 4 is 52.1 Å². The molecule has 156 valence electrons. The number of halogens is 2. The minimum atomic E-state index is -0.526. The van der Waals surface area contributed by atoms with E-state index in [0.717, 1.165) is 12.0 Å². The summed E-state index contributed by atoms with van der Waals surface area (Å²) in [6.45, 7) is 4.18. The summed E-state index contributed by atoms with van der Waals surface area (Å²) in [6, 6.07) is 13.4. The quantitative estimate of drug-likeness (QED) is 0.294. The molecule has 0 aliphatic rings. The highest BCUT2D eigenvalue weighted by molar-refractivity contribution is 7.80. The fourth-order valence-electron chi connectivity index (χ4n) is 2.81. The molecule has 5 nitrogen and oxygen atoms in total. The van der Waals surface area contributed by atoms with Crippen molar-refractivity contribution in [3.63, 3.8) is 0 Å². The molecule has 3 rings (SSSR count). The van der Waals surface area contributed by atoms with Gasteiger partial charge in [-0.05, 0) is 72.6 Å². The van der Waals surface area contributed by atoms with Gasteiger partial charge in [0.2, 0.25) is 0 Å². The minimum Gasteiger partial charge on any atom is -0.506 e. The average Bonchev–Trinajstić information content (AvgIpc) is 3.19. The van der Waals surface area contributed by atoms with Crippen LogP contribution in [0.15, 0.2) is 52.9 Å². The molecule has 0 spiro atoms. The van der Waals surface area contributed by atoms with Crippen LogP contribution in [-0.4, -0.2) is 16.1 Å². The van der Waals surface area contributed by atoms with Crippen molar-refractivity contribution in [2.45, 2.75) is 26.2 Å². The zero-order valence-electron chi connectivity index (χ0n) is 16.3. The van der Waals surface area contributed by atoms with Crippen LogP contribution in [0, 0.1) is 0 Å². The van der Waals surface area contributed by atoms with Gasteiger partial charge in [0.05, 0.1) is 10.7 Å². The number of thiocarbonyl (C=S) groups is 1. The highest BCUT2D eigenvalue weighted by Crippen LogP contribution is 2.32. The molecule has 0 radical (unpaired) electrons. The number of carbonyl (C=O) groups is 1. The molecular weight excluding hydrogens is 443 g/mol. The van der Waals surface area contributed by atoms with Gasteiger partial charge in [0.25, 0.3) is 5.91 Å². The third-order valence-corrected chi connectivity index (χ3v) is 5.46. The van der Waals surface area contributed by atoms with Gasteiger partial charge >= 0.3 is 0 Å². The van der Waals surface area contributed by atoms with E-state index in [4.69, 9.17) is 39.8 Å². The molecule has 8 heteroatoms. The lowest BCUT2D eigenvalue weighted by Gasteiger charge is -2.14. The molecule has 0 bridgehead atoms. The predicted molar refractivity (Wildman–Crippen MR) is 125 cm³/mol. The number of anilines is 1. The number of hydrogen-bond donors (Lipinski definition) is 3. The number of nitrogens with one attached hydrogen (secondary N) is 2. The molecule has 0 saturated carbocycles. The average molecular weight is 463 g/mol. The van der Waals surface area contributed by atoms with Gasteiger partial charge in [-0.25, -0.2) is 0 Å².